The first-order valence-electron chi connectivity index (χ1n) is 8.17. The topological polar surface area (TPSA) is 18.5 Å². The van der Waals surface area contributed by atoms with Crippen LogP contribution in [0.2, 0.25) is 0 Å². The van der Waals surface area contributed by atoms with Gasteiger partial charge in [0.05, 0.1) is 0 Å². The molecule has 120 valence electrons. The minimum atomic E-state index is -0.615. The summed E-state index contributed by atoms with van der Waals surface area (Å²) in [4.78, 5) is 0. The van der Waals surface area contributed by atoms with E-state index in [0.717, 1.165) is 0 Å². The van der Waals surface area contributed by atoms with Gasteiger partial charge in [-0.25, -0.2) is 0 Å². The molecule has 0 radical (unpaired) electrons. The van der Waals surface area contributed by atoms with Gasteiger partial charge in [-0.1, -0.05) is 47.7 Å². The van der Waals surface area contributed by atoms with Crippen LogP contribution in [0.1, 0.15) is 0 Å². The van der Waals surface area contributed by atoms with E-state index in [0.29, 0.717) is 0 Å². The molecule has 0 bridgehead atoms. The van der Waals surface area contributed by atoms with Gasteiger partial charge in [-0.2, -0.15) is 0 Å². The zero-order chi connectivity index (χ0) is 16.5. The molecule has 0 unspecified atom stereocenters. The molecule has 24 heavy (non-hydrogen) atoms. The fourth-order valence-corrected chi connectivity index (χ4v) is 4.63. The summed E-state index contributed by atoms with van der Waals surface area (Å²) in [6.45, 7) is 0. The first-order valence-corrected chi connectivity index (χ1v) is 9.70. The number of ether oxygens (including phenoxy) is 2. The molecule has 2 nitrogen and oxygen atoms in total. The Kier molecular flexibility index (Phi) is 4.06. The van der Waals surface area contributed by atoms with Gasteiger partial charge in [0, 0.05) is 14.2 Å². The van der Waals surface area contributed by atoms with Crippen LogP contribution in [0.3, 0.4) is 0 Å². The maximum Gasteiger partial charge on any atom is 0.139 e. The van der Waals surface area contributed by atoms with Crippen LogP contribution in [-0.2, 0) is 9.47 Å². The molecule has 0 N–H and O–H groups in total. The van der Waals surface area contributed by atoms with Crippen LogP contribution in [-0.4, -0.2) is 29.7 Å². The molecular formula is C21H20O2Si. The van der Waals surface area contributed by atoms with Crippen molar-refractivity contribution in [2.24, 2.45) is 0 Å². The van der Waals surface area contributed by atoms with Crippen molar-refractivity contribution in [1.82, 2.24) is 0 Å². The van der Waals surface area contributed by atoms with Gasteiger partial charge in [-0.15, -0.1) is 0 Å². The van der Waals surface area contributed by atoms with E-state index < -0.39 is 9.52 Å². The normalized spacial score (nSPS) is 12.3. The van der Waals surface area contributed by atoms with Crippen LogP contribution in [0.5, 0.6) is 0 Å². The van der Waals surface area contributed by atoms with Crippen LogP contribution < -0.4 is 5.19 Å². The molecule has 0 spiro atoms. The fourth-order valence-electron chi connectivity index (χ4n) is 3.32. The Morgan fingerprint density at radius 2 is 1.12 bits per heavy atom. The predicted molar refractivity (Wildman–Crippen MR) is 105 cm³/mol. The Bertz CT molecular complexity index is 1020. The molecule has 0 fully saturated rings. The van der Waals surface area contributed by atoms with Gasteiger partial charge in [0.25, 0.3) is 0 Å². The Balaban J connectivity index is 1.84. The second-order valence-corrected chi connectivity index (χ2v) is 8.08. The first kappa shape index (κ1) is 15.3. The number of rotatable bonds is 4. The number of benzene rings is 4. The summed E-state index contributed by atoms with van der Waals surface area (Å²) >= 11 is 0. The highest BCUT2D eigenvalue weighted by Crippen LogP contribution is 2.27. The lowest BCUT2D eigenvalue weighted by Crippen LogP contribution is -2.30. The van der Waals surface area contributed by atoms with E-state index in [2.05, 4.69) is 66.7 Å². The highest BCUT2D eigenvalue weighted by molar-refractivity contribution is 6.54. The highest BCUT2D eigenvalue weighted by atomic mass is 28.2. The third-order valence-electron chi connectivity index (χ3n) is 4.65. The molecule has 0 aliphatic heterocycles. The van der Waals surface area contributed by atoms with E-state index in [4.69, 9.17) is 9.47 Å². The Labute approximate surface area is 143 Å². The molecule has 0 saturated heterocycles. The number of hydrogen-bond acceptors (Lipinski definition) is 2. The average molecular weight is 332 g/mol. The Morgan fingerprint density at radius 3 is 1.71 bits per heavy atom. The molecule has 0 aliphatic rings. The molecule has 4 rings (SSSR count). The molecular weight excluding hydrogens is 312 g/mol. The van der Waals surface area contributed by atoms with Crippen molar-refractivity contribution < 1.29 is 9.47 Å². The van der Waals surface area contributed by atoms with Crippen molar-refractivity contribution in [3.63, 3.8) is 0 Å². The standard InChI is InChI=1S/C21H20O2Si/c1-22-21(23-2)24-20-8-7-16-11-17-9-14-5-3-4-6-15(14)10-18(17)12-19(16)13-20/h3-13,21H,24H2,1-2H3. The summed E-state index contributed by atoms with van der Waals surface area (Å²) in [5, 5.41) is 9.07. The first-order chi connectivity index (χ1) is 11.8. The van der Waals surface area contributed by atoms with E-state index in [9.17, 15) is 0 Å². The summed E-state index contributed by atoms with van der Waals surface area (Å²) in [5.74, 6) is -0.0631. The molecule has 4 aromatic rings. The Hall–Kier alpha value is -2.20. The molecule has 0 aromatic heterocycles. The third kappa shape index (κ3) is 2.82. The van der Waals surface area contributed by atoms with Crippen LogP contribution in [0.25, 0.3) is 32.3 Å². The fraction of sp³-hybridized carbons (Fsp3) is 0.143. The molecule has 4 aromatic carbocycles. The summed E-state index contributed by atoms with van der Waals surface area (Å²) in [5.41, 5.74) is 0. The SMILES string of the molecule is COC(OC)[SiH2]c1ccc2cc3cc4ccccc4cc3cc2c1. The summed E-state index contributed by atoms with van der Waals surface area (Å²) in [6.07, 6.45) is 0. The molecule has 0 aliphatic carbocycles. The molecule has 0 saturated carbocycles. The lowest BCUT2D eigenvalue weighted by atomic mass is 10.00. The zero-order valence-corrected chi connectivity index (χ0v) is 15.4. The van der Waals surface area contributed by atoms with Gasteiger partial charge in [0.1, 0.15) is 15.4 Å². The highest BCUT2D eigenvalue weighted by Gasteiger charge is 2.08. The summed E-state index contributed by atoms with van der Waals surface area (Å²) in [6, 6.07) is 24.4. The van der Waals surface area contributed by atoms with E-state index in [1.165, 1.54) is 37.5 Å². The smallest absolute Gasteiger partial charge is 0.139 e. The average Bonchev–Trinajstić information content (AvgIpc) is 2.62. The maximum absolute atomic E-state index is 5.37. The maximum atomic E-state index is 5.37. The second kappa shape index (κ2) is 6.36. The van der Waals surface area contributed by atoms with Gasteiger partial charge in [0.2, 0.25) is 0 Å². The van der Waals surface area contributed by atoms with Crippen molar-refractivity contribution in [3.05, 3.63) is 66.7 Å². The van der Waals surface area contributed by atoms with Crippen LogP contribution in [0.4, 0.5) is 0 Å². The lowest BCUT2D eigenvalue weighted by Gasteiger charge is -2.13. The van der Waals surface area contributed by atoms with Crippen molar-refractivity contribution in [3.8, 4) is 0 Å². The lowest BCUT2D eigenvalue weighted by molar-refractivity contribution is -0.0429. The van der Waals surface area contributed by atoms with Gasteiger partial charge in [-0.05, 0) is 56.6 Å². The monoisotopic (exact) mass is 332 g/mol. The Morgan fingerprint density at radius 1 is 0.625 bits per heavy atom. The molecule has 0 heterocycles. The van der Waals surface area contributed by atoms with Crippen LogP contribution in [0.15, 0.2) is 66.7 Å². The predicted octanol–water partition coefficient (Wildman–Crippen LogP) is 3.52. The van der Waals surface area contributed by atoms with Crippen molar-refractivity contribution in [2.45, 2.75) is 5.91 Å². The minimum Gasteiger partial charge on any atom is -0.360 e. The van der Waals surface area contributed by atoms with Gasteiger partial charge < -0.3 is 9.47 Å². The van der Waals surface area contributed by atoms with Crippen molar-refractivity contribution in [1.29, 1.82) is 0 Å². The van der Waals surface area contributed by atoms with Gasteiger partial charge in [-0.3, -0.25) is 0 Å². The number of methoxy groups -OCH3 is 2. The van der Waals surface area contributed by atoms with E-state index >= 15 is 0 Å². The summed E-state index contributed by atoms with van der Waals surface area (Å²) < 4.78 is 10.7. The van der Waals surface area contributed by atoms with Gasteiger partial charge >= 0.3 is 0 Å². The second-order valence-electron chi connectivity index (χ2n) is 6.19. The van der Waals surface area contributed by atoms with Crippen LogP contribution >= 0.6 is 0 Å². The molecule has 0 amide bonds. The van der Waals surface area contributed by atoms with Crippen molar-refractivity contribution in [2.75, 3.05) is 14.2 Å². The van der Waals surface area contributed by atoms with Crippen molar-refractivity contribution >= 4 is 47.0 Å². The minimum absolute atomic E-state index is 0.0631. The zero-order valence-electron chi connectivity index (χ0n) is 14.0. The van der Waals surface area contributed by atoms with Gasteiger partial charge in [0.15, 0.2) is 0 Å². The quantitative estimate of drug-likeness (QED) is 0.323. The van der Waals surface area contributed by atoms with E-state index in [1.807, 2.05) is 0 Å². The van der Waals surface area contributed by atoms with Crippen LogP contribution in [0, 0.1) is 0 Å². The third-order valence-corrected chi connectivity index (χ3v) is 6.56. The van der Waals surface area contributed by atoms with E-state index in [1.54, 1.807) is 14.2 Å². The molecule has 0 atom stereocenters. The number of hydrogen-bond donors (Lipinski definition) is 0. The molecule has 3 heteroatoms. The van der Waals surface area contributed by atoms with E-state index in [-0.39, 0.29) is 5.91 Å². The summed E-state index contributed by atoms with van der Waals surface area (Å²) in [7, 11) is 2.80. The largest absolute Gasteiger partial charge is 0.360 e. The number of fused-ring (bicyclic) bond motifs is 3.